The van der Waals surface area contributed by atoms with Crippen LogP contribution in [0.25, 0.3) is 10.1 Å². The van der Waals surface area contributed by atoms with Gasteiger partial charge < -0.3 is 5.73 Å². The van der Waals surface area contributed by atoms with Gasteiger partial charge in [-0.1, -0.05) is 27.5 Å². The molecule has 0 unspecified atom stereocenters. The number of fused-ring (bicyclic) bond motifs is 1. The SMILES string of the molecule is Nc1cc2ccsc2c(Cl)c1CBr. The first kappa shape index (κ1) is 9.31. The number of nitrogens with two attached hydrogens (primary N) is 1. The minimum absolute atomic E-state index is 0.700. The lowest BCUT2D eigenvalue weighted by molar-refractivity contribution is 1.47. The summed E-state index contributed by atoms with van der Waals surface area (Å²) >= 11 is 11.2. The van der Waals surface area contributed by atoms with Crippen LogP contribution in [0.4, 0.5) is 5.69 Å². The first-order chi connectivity index (χ1) is 6.24. The van der Waals surface area contributed by atoms with E-state index in [2.05, 4.69) is 15.9 Å². The van der Waals surface area contributed by atoms with Crippen molar-refractivity contribution >= 4 is 54.6 Å². The minimum atomic E-state index is 0.700. The number of hydrogen-bond donors (Lipinski definition) is 1. The van der Waals surface area contributed by atoms with Crippen LogP contribution in [0.3, 0.4) is 0 Å². The van der Waals surface area contributed by atoms with E-state index in [0.29, 0.717) is 5.33 Å². The highest BCUT2D eigenvalue weighted by atomic mass is 79.9. The first-order valence-corrected chi connectivity index (χ1v) is 6.12. The Balaban J connectivity index is 2.85. The topological polar surface area (TPSA) is 26.0 Å². The third kappa shape index (κ3) is 1.45. The van der Waals surface area contributed by atoms with E-state index in [1.165, 1.54) is 0 Å². The summed E-state index contributed by atoms with van der Waals surface area (Å²) in [4.78, 5) is 0. The first-order valence-electron chi connectivity index (χ1n) is 3.74. The van der Waals surface area contributed by atoms with Gasteiger partial charge in [-0.3, -0.25) is 0 Å². The number of rotatable bonds is 1. The van der Waals surface area contributed by atoms with Crippen LogP contribution in [0, 0.1) is 0 Å². The smallest absolute Gasteiger partial charge is 0.0645 e. The van der Waals surface area contributed by atoms with E-state index in [1.807, 2.05) is 17.5 Å². The van der Waals surface area contributed by atoms with Gasteiger partial charge in [-0.05, 0) is 22.9 Å². The Hall–Kier alpha value is -0.250. The molecule has 2 rings (SSSR count). The van der Waals surface area contributed by atoms with Crippen molar-refractivity contribution in [2.45, 2.75) is 5.33 Å². The van der Waals surface area contributed by atoms with Crippen molar-refractivity contribution in [3.63, 3.8) is 0 Å². The van der Waals surface area contributed by atoms with E-state index in [-0.39, 0.29) is 0 Å². The molecule has 2 N–H and O–H groups in total. The molecule has 0 saturated heterocycles. The summed E-state index contributed by atoms with van der Waals surface area (Å²) in [6, 6.07) is 3.99. The van der Waals surface area contributed by atoms with Gasteiger partial charge in [0.2, 0.25) is 0 Å². The Morgan fingerprint density at radius 3 is 3.00 bits per heavy atom. The molecule has 0 aliphatic heterocycles. The molecule has 1 nitrogen and oxygen atoms in total. The van der Waals surface area contributed by atoms with Crippen molar-refractivity contribution in [3.8, 4) is 0 Å². The summed E-state index contributed by atoms with van der Waals surface area (Å²) in [6.45, 7) is 0. The molecule has 0 saturated carbocycles. The molecule has 0 amide bonds. The number of alkyl halides is 1. The molecule has 0 bridgehead atoms. The monoisotopic (exact) mass is 275 g/mol. The van der Waals surface area contributed by atoms with Gasteiger partial charge in [0.05, 0.1) is 9.72 Å². The van der Waals surface area contributed by atoms with Crippen LogP contribution in [0.2, 0.25) is 5.02 Å². The molecule has 1 aromatic heterocycles. The second kappa shape index (κ2) is 3.48. The molecule has 68 valence electrons. The molecule has 2 aromatic rings. The summed E-state index contributed by atoms with van der Waals surface area (Å²) in [5.74, 6) is 0. The zero-order valence-corrected chi connectivity index (χ0v) is 9.84. The van der Waals surface area contributed by atoms with Gasteiger partial charge in [0, 0.05) is 16.6 Å². The van der Waals surface area contributed by atoms with Crippen LogP contribution in [-0.4, -0.2) is 0 Å². The van der Waals surface area contributed by atoms with E-state index in [9.17, 15) is 0 Å². The van der Waals surface area contributed by atoms with Crippen molar-refractivity contribution in [2.75, 3.05) is 5.73 Å². The Morgan fingerprint density at radius 1 is 1.54 bits per heavy atom. The maximum Gasteiger partial charge on any atom is 0.0645 e. The number of thiophene rings is 1. The fraction of sp³-hybridized carbons (Fsp3) is 0.111. The van der Waals surface area contributed by atoms with Gasteiger partial charge in [-0.25, -0.2) is 0 Å². The van der Waals surface area contributed by atoms with Gasteiger partial charge >= 0.3 is 0 Å². The fourth-order valence-corrected chi connectivity index (χ4v) is 3.29. The Kier molecular flexibility index (Phi) is 2.49. The van der Waals surface area contributed by atoms with Gasteiger partial charge in [0.1, 0.15) is 0 Å². The van der Waals surface area contributed by atoms with E-state index in [1.54, 1.807) is 11.3 Å². The standard InChI is InChI=1S/C9H7BrClNS/c10-4-6-7(12)3-5-1-2-13-9(5)8(6)11/h1-3H,4,12H2. The molecular weight excluding hydrogens is 270 g/mol. The Morgan fingerprint density at radius 2 is 2.31 bits per heavy atom. The molecule has 0 aliphatic rings. The quantitative estimate of drug-likeness (QED) is 0.617. The number of hydrogen-bond acceptors (Lipinski definition) is 2. The molecule has 0 atom stereocenters. The number of anilines is 1. The number of halogens is 2. The van der Waals surface area contributed by atoms with Gasteiger partial charge in [0.15, 0.2) is 0 Å². The third-order valence-corrected chi connectivity index (χ3v) is 3.99. The van der Waals surface area contributed by atoms with E-state index >= 15 is 0 Å². The van der Waals surface area contributed by atoms with Crippen LogP contribution < -0.4 is 5.73 Å². The van der Waals surface area contributed by atoms with Gasteiger partial charge in [0.25, 0.3) is 0 Å². The lowest BCUT2D eigenvalue weighted by Crippen LogP contribution is -1.92. The molecule has 0 aliphatic carbocycles. The van der Waals surface area contributed by atoms with Crippen molar-refractivity contribution in [1.29, 1.82) is 0 Å². The molecule has 1 heterocycles. The fourth-order valence-electron chi connectivity index (χ4n) is 1.27. The van der Waals surface area contributed by atoms with Crippen LogP contribution >= 0.6 is 38.9 Å². The van der Waals surface area contributed by atoms with Crippen LogP contribution in [0.5, 0.6) is 0 Å². The summed E-state index contributed by atoms with van der Waals surface area (Å²) < 4.78 is 1.12. The van der Waals surface area contributed by atoms with Crippen molar-refractivity contribution in [3.05, 3.63) is 28.1 Å². The van der Waals surface area contributed by atoms with E-state index < -0.39 is 0 Å². The highest BCUT2D eigenvalue weighted by molar-refractivity contribution is 9.08. The van der Waals surface area contributed by atoms with Gasteiger partial charge in [-0.15, -0.1) is 11.3 Å². The van der Waals surface area contributed by atoms with Gasteiger partial charge in [-0.2, -0.15) is 0 Å². The molecular formula is C9H7BrClNS. The zero-order chi connectivity index (χ0) is 9.42. The van der Waals surface area contributed by atoms with Crippen molar-refractivity contribution < 1.29 is 0 Å². The Bertz CT molecular complexity index is 452. The summed E-state index contributed by atoms with van der Waals surface area (Å²) in [6.07, 6.45) is 0. The molecule has 4 heteroatoms. The van der Waals surface area contributed by atoms with Crippen LogP contribution in [0.1, 0.15) is 5.56 Å². The molecule has 1 aromatic carbocycles. The van der Waals surface area contributed by atoms with E-state index in [4.69, 9.17) is 17.3 Å². The largest absolute Gasteiger partial charge is 0.398 e. The predicted molar refractivity (Wildman–Crippen MR) is 63.9 cm³/mol. The van der Waals surface area contributed by atoms with Crippen LogP contribution in [-0.2, 0) is 5.33 Å². The molecule has 0 spiro atoms. The van der Waals surface area contributed by atoms with E-state index in [0.717, 1.165) is 26.4 Å². The van der Waals surface area contributed by atoms with Crippen molar-refractivity contribution in [1.82, 2.24) is 0 Å². The lowest BCUT2D eigenvalue weighted by atomic mass is 10.1. The summed E-state index contributed by atoms with van der Waals surface area (Å²) in [5, 5.41) is 4.62. The highest BCUT2D eigenvalue weighted by Crippen LogP contribution is 2.36. The lowest BCUT2D eigenvalue weighted by Gasteiger charge is -2.05. The second-order valence-corrected chi connectivity index (χ2v) is 4.59. The van der Waals surface area contributed by atoms with Crippen LogP contribution in [0.15, 0.2) is 17.5 Å². The highest BCUT2D eigenvalue weighted by Gasteiger charge is 2.09. The minimum Gasteiger partial charge on any atom is -0.398 e. The average molecular weight is 277 g/mol. The molecule has 13 heavy (non-hydrogen) atoms. The second-order valence-electron chi connectivity index (χ2n) is 2.73. The third-order valence-electron chi connectivity index (χ3n) is 1.95. The average Bonchev–Trinajstić information content (AvgIpc) is 2.53. The summed E-state index contributed by atoms with van der Waals surface area (Å²) in [5.41, 5.74) is 7.59. The summed E-state index contributed by atoms with van der Waals surface area (Å²) in [7, 11) is 0. The predicted octanol–water partition coefficient (Wildman–Crippen LogP) is 4.03. The zero-order valence-electron chi connectivity index (χ0n) is 6.68. The number of nitrogen functional groups attached to an aromatic ring is 1. The molecule has 0 radical (unpaired) electrons. The maximum absolute atomic E-state index is 6.19. The number of benzene rings is 1. The van der Waals surface area contributed by atoms with Crippen molar-refractivity contribution in [2.24, 2.45) is 0 Å². The normalized spacial score (nSPS) is 10.9. The maximum atomic E-state index is 6.19. The Labute approximate surface area is 93.6 Å². The molecule has 0 fully saturated rings.